The van der Waals surface area contributed by atoms with Gasteiger partial charge in [-0.3, -0.25) is 14.9 Å². The number of methoxy groups -OCH3 is 1. The van der Waals surface area contributed by atoms with E-state index in [0.717, 1.165) is 16.5 Å². The van der Waals surface area contributed by atoms with E-state index in [-0.39, 0.29) is 10.6 Å². The van der Waals surface area contributed by atoms with Crippen molar-refractivity contribution in [3.8, 4) is 5.75 Å². The smallest absolute Gasteiger partial charge is 0.339 e. The highest BCUT2D eigenvalue weighted by Gasteiger charge is 2.38. The number of fused-ring (bicyclic) bond motifs is 1. The predicted molar refractivity (Wildman–Crippen MR) is 124 cm³/mol. The normalized spacial score (nSPS) is 17.3. The monoisotopic (exact) mass is 484 g/mol. The SMILES string of the molecule is COc1ccc(C2Sc3ccccc3NC(=O)C2OC(=O)c2ccc(Cl)c([N+](=O)[O-])c2)cc1. The van der Waals surface area contributed by atoms with Crippen LogP contribution in [0.15, 0.2) is 71.6 Å². The summed E-state index contributed by atoms with van der Waals surface area (Å²) in [5.74, 6) is -0.741. The number of carbonyl (C=O) groups is 2. The maximum Gasteiger partial charge on any atom is 0.339 e. The second kappa shape index (κ2) is 9.51. The lowest BCUT2D eigenvalue weighted by molar-refractivity contribution is -0.384. The molecule has 1 heterocycles. The second-order valence-electron chi connectivity index (χ2n) is 7.05. The highest BCUT2D eigenvalue weighted by atomic mass is 35.5. The van der Waals surface area contributed by atoms with Crippen molar-refractivity contribution in [2.75, 3.05) is 12.4 Å². The van der Waals surface area contributed by atoms with Crippen LogP contribution in [0.4, 0.5) is 11.4 Å². The molecule has 10 heteroatoms. The van der Waals surface area contributed by atoms with E-state index in [9.17, 15) is 19.7 Å². The molecule has 0 spiro atoms. The van der Waals surface area contributed by atoms with Gasteiger partial charge in [0.25, 0.3) is 11.6 Å². The molecule has 0 radical (unpaired) electrons. The number of anilines is 1. The molecular formula is C23H17ClN2O6S. The number of halogens is 1. The molecule has 0 saturated carbocycles. The number of rotatable bonds is 5. The van der Waals surface area contributed by atoms with Crippen molar-refractivity contribution in [1.82, 2.24) is 0 Å². The average molecular weight is 485 g/mol. The number of hydrogen-bond acceptors (Lipinski definition) is 7. The van der Waals surface area contributed by atoms with Crippen LogP contribution in [0.5, 0.6) is 5.75 Å². The van der Waals surface area contributed by atoms with E-state index in [1.54, 1.807) is 43.5 Å². The summed E-state index contributed by atoms with van der Waals surface area (Å²) in [7, 11) is 1.55. The molecule has 4 rings (SSSR count). The quantitative estimate of drug-likeness (QED) is 0.298. The van der Waals surface area contributed by atoms with Crippen LogP contribution in [-0.4, -0.2) is 30.0 Å². The fourth-order valence-corrected chi connectivity index (χ4v) is 4.79. The van der Waals surface area contributed by atoms with E-state index in [0.29, 0.717) is 11.4 Å². The van der Waals surface area contributed by atoms with E-state index >= 15 is 0 Å². The molecule has 0 bridgehead atoms. The number of amides is 1. The van der Waals surface area contributed by atoms with Crippen molar-refractivity contribution in [3.05, 3.63) is 93.0 Å². The topological polar surface area (TPSA) is 108 Å². The number of hydrogen-bond donors (Lipinski definition) is 1. The first-order valence-corrected chi connectivity index (χ1v) is 11.0. The van der Waals surface area contributed by atoms with E-state index in [4.69, 9.17) is 21.1 Å². The number of benzene rings is 3. The van der Waals surface area contributed by atoms with Gasteiger partial charge in [-0.15, -0.1) is 11.8 Å². The van der Waals surface area contributed by atoms with Crippen molar-refractivity contribution < 1.29 is 24.0 Å². The van der Waals surface area contributed by atoms with Gasteiger partial charge in [0, 0.05) is 11.0 Å². The van der Waals surface area contributed by atoms with Crippen LogP contribution in [-0.2, 0) is 9.53 Å². The lowest BCUT2D eigenvalue weighted by atomic mass is 10.1. The molecule has 0 aromatic heterocycles. The number of nitro groups is 1. The summed E-state index contributed by atoms with van der Waals surface area (Å²) in [5.41, 5.74) is 0.836. The Balaban J connectivity index is 1.70. The number of esters is 1. The molecule has 3 aromatic carbocycles. The average Bonchev–Trinajstić information content (AvgIpc) is 2.95. The number of nitro benzene ring substituents is 1. The van der Waals surface area contributed by atoms with Gasteiger partial charge in [-0.25, -0.2) is 4.79 Å². The lowest BCUT2D eigenvalue weighted by Crippen LogP contribution is -2.35. The molecule has 1 aliphatic rings. The van der Waals surface area contributed by atoms with E-state index in [1.807, 2.05) is 12.1 Å². The fraction of sp³-hybridized carbons (Fsp3) is 0.130. The number of nitrogens with one attached hydrogen (secondary N) is 1. The zero-order chi connectivity index (χ0) is 23.5. The van der Waals surface area contributed by atoms with E-state index < -0.39 is 33.8 Å². The number of carbonyl (C=O) groups excluding carboxylic acids is 2. The van der Waals surface area contributed by atoms with Crippen molar-refractivity contribution in [1.29, 1.82) is 0 Å². The molecule has 2 atom stereocenters. The van der Waals surface area contributed by atoms with Crippen LogP contribution >= 0.6 is 23.4 Å². The second-order valence-corrected chi connectivity index (χ2v) is 8.64. The number of ether oxygens (including phenoxy) is 2. The third kappa shape index (κ3) is 4.79. The van der Waals surface area contributed by atoms with Gasteiger partial charge in [-0.05, 0) is 42.0 Å². The largest absolute Gasteiger partial charge is 0.497 e. The predicted octanol–water partition coefficient (Wildman–Crippen LogP) is 5.27. The number of thioether (sulfide) groups is 1. The molecule has 33 heavy (non-hydrogen) atoms. The van der Waals surface area contributed by atoms with Crippen molar-refractivity contribution in [2.24, 2.45) is 0 Å². The molecule has 3 aromatic rings. The van der Waals surface area contributed by atoms with Crippen molar-refractivity contribution in [2.45, 2.75) is 16.2 Å². The Hall–Kier alpha value is -3.56. The number of nitrogens with zero attached hydrogens (tertiary/aromatic N) is 1. The maximum absolute atomic E-state index is 13.1. The molecule has 168 valence electrons. The molecule has 1 N–H and O–H groups in total. The molecular weight excluding hydrogens is 468 g/mol. The first-order chi connectivity index (χ1) is 15.9. The van der Waals surface area contributed by atoms with Crippen LogP contribution in [0, 0.1) is 10.1 Å². The standard InChI is InChI=1S/C23H17ClN2O6S/c1-31-15-9-6-13(7-10-15)21-20(22(27)25-17-4-2-3-5-19(17)33-21)32-23(28)14-8-11-16(24)18(12-14)26(29)30/h2-12,20-21H,1H3,(H,25,27). The van der Waals surface area contributed by atoms with Crippen LogP contribution in [0.1, 0.15) is 21.2 Å². The Labute approximate surface area is 198 Å². The van der Waals surface area contributed by atoms with Crippen LogP contribution in [0.3, 0.4) is 0 Å². The highest BCUT2D eigenvalue weighted by molar-refractivity contribution is 7.99. The molecule has 1 aliphatic heterocycles. The van der Waals surface area contributed by atoms with Gasteiger partial charge in [0.15, 0.2) is 6.10 Å². The summed E-state index contributed by atoms with van der Waals surface area (Å²) in [6.07, 6.45) is -1.21. The van der Waals surface area contributed by atoms with Gasteiger partial charge < -0.3 is 14.8 Å². The maximum atomic E-state index is 13.1. The summed E-state index contributed by atoms with van der Waals surface area (Å²) < 4.78 is 10.8. The van der Waals surface area contributed by atoms with Crippen LogP contribution in [0.2, 0.25) is 5.02 Å². The summed E-state index contributed by atoms with van der Waals surface area (Å²) in [4.78, 5) is 37.3. The summed E-state index contributed by atoms with van der Waals surface area (Å²) in [6.45, 7) is 0. The molecule has 0 fully saturated rings. The molecule has 0 saturated heterocycles. The zero-order valence-corrected chi connectivity index (χ0v) is 18.8. The van der Waals surface area contributed by atoms with Crippen molar-refractivity contribution >= 4 is 46.6 Å². The van der Waals surface area contributed by atoms with Gasteiger partial charge in [0.1, 0.15) is 10.8 Å². The van der Waals surface area contributed by atoms with Gasteiger partial charge in [0.05, 0.1) is 28.5 Å². The van der Waals surface area contributed by atoms with Gasteiger partial charge in [-0.2, -0.15) is 0 Å². The Bertz CT molecular complexity index is 1230. The number of para-hydroxylation sites is 1. The fourth-order valence-electron chi connectivity index (χ4n) is 3.33. The summed E-state index contributed by atoms with van der Waals surface area (Å²) in [5, 5.41) is 13.3. The third-order valence-electron chi connectivity index (χ3n) is 4.99. The Morgan fingerprint density at radius 3 is 2.55 bits per heavy atom. The van der Waals surface area contributed by atoms with Crippen molar-refractivity contribution in [3.63, 3.8) is 0 Å². The van der Waals surface area contributed by atoms with Crippen LogP contribution < -0.4 is 10.1 Å². The molecule has 2 unspecified atom stereocenters. The van der Waals surface area contributed by atoms with Gasteiger partial charge in [-0.1, -0.05) is 35.9 Å². The Morgan fingerprint density at radius 1 is 1.12 bits per heavy atom. The minimum Gasteiger partial charge on any atom is -0.497 e. The lowest BCUT2D eigenvalue weighted by Gasteiger charge is -2.23. The summed E-state index contributed by atoms with van der Waals surface area (Å²) >= 11 is 7.21. The third-order valence-corrected chi connectivity index (χ3v) is 6.69. The zero-order valence-electron chi connectivity index (χ0n) is 17.2. The van der Waals surface area contributed by atoms with E-state index in [1.165, 1.54) is 23.9 Å². The molecule has 1 amide bonds. The first-order valence-electron chi connectivity index (χ1n) is 9.73. The van der Waals surface area contributed by atoms with Gasteiger partial charge in [0.2, 0.25) is 0 Å². The molecule has 8 nitrogen and oxygen atoms in total. The first kappa shape index (κ1) is 22.6. The van der Waals surface area contributed by atoms with E-state index in [2.05, 4.69) is 5.32 Å². The minimum atomic E-state index is -1.21. The van der Waals surface area contributed by atoms with Crippen LogP contribution in [0.25, 0.3) is 0 Å². The highest BCUT2D eigenvalue weighted by Crippen LogP contribution is 2.45. The summed E-state index contributed by atoms with van der Waals surface area (Å²) in [6, 6.07) is 18.0. The minimum absolute atomic E-state index is 0.0841. The Kier molecular flexibility index (Phi) is 6.52. The van der Waals surface area contributed by atoms with Gasteiger partial charge >= 0.3 is 5.97 Å². The molecule has 0 aliphatic carbocycles. The Morgan fingerprint density at radius 2 is 1.85 bits per heavy atom.